The molecule has 0 radical (unpaired) electrons. The Balaban J connectivity index is 0. The Kier molecular flexibility index (Phi) is 12.7. The molecular formula is C8H18ClNO2. The highest BCUT2D eigenvalue weighted by molar-refractivity contribution is 5.85. The molecule has 0 spiro atoms. The third kappa shape index (κ3) is 9.72. The summed E-state index contributed by atoms with van der Waals surface area (Å²) in [7, 11) is 1.91. The Morgan fingerprint density at radius 1 is 1.42 bits per heavy atom. The van der Waals surface area contributed by atoms with E-state index in [9.17, 15) is 4.79 Å². The van der Waals surface area contributed by atoms with Crippen LogP contribution in [0.2, 0.25) is 0 Å². The highest BCUT2D eigenvalue weighted by Gasteiger charge is 1.99. The lowest BCUT2D eigenvalue weighted by Crippen LogP contribution is -2.09. The van der Waals surface area contributed by atoms with Gasteiger partial charge < -0.3 is 10.1 Å². The van der Waals surface area contributed by atoms with Gasteiger partial charge in [-0.3, -0.25) is 4.79 Å². The fourth-order valence-corrected chi connectivity index (χ4v) is 0.804. The van der Waals surface area contributed by atoms with E-state index >= 15 is 0 Å². The van der Waals surface area contributed by atoms with Gasteiger partial charge in [0.2, 0.25) is 0 Å². The number of hydrogen-bond acceptors (Lipinski definition) is 3. The molecule has 0 aliphatic heterocycles. The van der Waals surface area contributed by atoms with Crippen molar-refractivity contribution in [3.05, 3.63) is 0 Å². The van der Waals surface area contributed by atoms with E-state index in [1.165, 1.54) is 0 Å². The monoisotopic (exact) mass is 195 g/mol. The number of rotatable bonds is 6. The van der Waals surface area contributed by atoms with Gasteiger partial charge in [-0.15, -0.1) is 12.4 Å². The average molecular weight is 196 g/mol. The smallest absolute Gasteiger partial charge is 0.305 e. The predicted octanol–water partition coefficient (Wildman–Crippen LogP) is 1.36. The molecule has 0 aromatic rings. The van der Waals surface area contributed by atoms with E-state index < -0.39 is 0 Å². The molecule has 74 valence electrons. The van der Waals surface area contributed by atoms with Gasteiger partial charge in [0, 0.05) is 6.42 Å². The van der Waals surface area contributed by atoms with Gasteiger partial charge in [-0.05, 0) is 33.4 Å². The molecule has 0 heterocycles. The molecule has 0 bridgehead atoms. The number of hydrogen-bond donors (Lipinski definition) is 1. The van der Waals surface area contributed by atoms with E-state index in [0.717, 1.165) is 19.4 Å². The van der Waals surface area contributed by atoms with Crippen LogP contribution < -0.4 is 5.32 Å². The van der Waals surface area contributed by atoms with Crippen molar-refractivity contribution >= 4 is 18.4 Å². The normalized spacial score (nSPS) is 8.83. The highest BCUT2D eigenvalue weighted by Crippen LogP contribution is 1.95. The molecule has 0 aliphatic rings. The van der Waals surface area contributed by atoms with Crippen LogP contribution in [0.5, 0.6) is 0 Å². The fraction of sp³-hybridized carbons (Fsp3) is 0.875. The van der Waals surface area contributed by atoms with Crippen LogP contribution in [0.3, 0.4) is 0 Å². The van der Waals surface area contributed by atoms with Crippen molar-refractivity contribution in [2.45, 2.75) is 26.2 Å². The molecule has 0 unspecified atom stereocenters. The topological polar surface area (TPSA) is 38.3 Å². The summed E-state index contributed by atoms with van der Waals surface area (Å²) in [6.07, 6.45) is 2.50. The largest absolute Gasteiger partial charge is 0.466 e. The van der Waals surface area contributed by atoms with Crippen molar-refractivity contribution in [1.29, 1.82) is 0 Å². The molecular weight excluding hydrogens is 178 g/mol. The summed E-state index contributed by atoms with van der Waals surface area (Å²) in [4.78, 5) is 10.8. The first kappa shape index (κ1) is 14.3. The van der Waals surface area contributed by atoms with Crippen LogP contribution in [-0.4, -0.2) is 26.2 Å². The summed E-state index contributed by atoms with van der Waals surface area (Å²) in [5.41, 5.74) is 0. The van der Waals surface area contributed by atoms with Gasteiger partial charge in [0.1, 0.15) is 0 Å². The van der Waals surface area contributed by atoms with Crippen molar-refractivity contribution in [2.24, 2.45) is 0 Å². The van der Waals surface area contributed by atoms with Gasteiger partial charge >= 0.3 is 5.97 Å². The van der Waals surface area contributed by atoms with Gasteiger partial charge in [0.25, 0.3) is 0 Å². The third-order valence-corrected chi connectivity index (χ3v) is 1.36. The Morgan fingerprint density at radius 2 is 2.08 bits per heavy atom. The summed E-state index contributed by atoms with van der Waals surface area (Å²) >= 11 is 0. The van der Waals surface area contributed by atoms with Crippen molar-refractivity contribution < 1.29 is 9.53 Å². The Hall–Kier alpha value is -0.280. The van der Waals surface area contributed by atoms with Crippen molar-refractivity contribution in [1.82, 2.24) is 5.32 Å². The number of unbranched alkanes of at least 4 members (excludes halogenated alkanes) is 1. The maximum atomic E-state index is 10.8. The lowest BCUT2D eigenvalue weighted by atomic mass is 10.2. The van der Waals surface area contributed by atoms with Gasteiger partial charge in [-0.1, -0.05) is 0 Å². The number of esters is 1. The zero-order chi connectivity index (χ0) is 8.53. The first-order chi connectivity index (χ1) is 5.31. The van der Waals surface area contributed by atoms with E-state index in [2.05, 4.69) is 5.32 Å². The first-order valence-corrected chi connectivity index (χ1v) is 4.11. The lowest BCUT2D eigenvalue weighted by Gasteiger charge is -2.00. The molecule has 0 saturated carbocycles. The number of carbonyl (C=O) groups excluding carboxylic acids is 1. The van der Waals surface area contributed by atoms with Crippen LogP contribution in [0.15, 0.2) is 0 Å². The molecule has 0 aromatic carbocycles. The SMILES string of the molecule is CCOC(=O)CCCCNC.Cl. The van der Waals surface area contributed by atoms with Crippen LogP contribution in [0, 0.1) is 0 Å². The molecule has 1 N–H and O–H groups in total. The second-order valence-electron chi connectivity index (χ2n) is 2.37. The number of ether oxygens (including phenoxy) is 1. The molecule has 3 nitrogen and oxygen atoms in total. The summed E-state index contributed by atoms with van der Waals surface area (Å²) in [6.45, 7) is 3.29. The maximum Gasteiger partial charge on any atom is 0.305 e. The van der Waals surface area contributed by atoms with Crippen molar-refractivity contribution in [3.63, 3.8) is 0 Å². The van der Waals surface area contributed by atoms with E-state index in [-0.39, 0.29) is 18.4 Å². The highest BCUT2D eigenvalue weighted by atomic mass is 35.5. The minimum atomic E-state index is -0.0800. The predicted molar refractivity (Wildman–Crippen MR) is 51.7 cm³/mol. The quantitative estimate of drug-likeness (QED) is 0.514. The number of halogens is 1. The third-order valence-electron chi connectivity index (χ3n) is 1.36. The van der Waals surface area contributed by atoms with Gasteiger partial charge in [-0.25, -0.2) is 0 Å². The summed E-state index contributed by atoms with van der Waals surface area (Å²) < 4.78 is 4.76. The Bertz CT molecular complexity index is 109. The Labute approximate surface area is 80.3 Å². The van der Waals surface area contributed by atoms with Crippen LogP contribution >= 0.6 is 12.4 Å². The van der Waals surface area contributed by atoms with Crippen LogP contribution in [-0.2, 0) is 9.53 Å². The molecule has 0 aliphatic carbocycles. The fourth-order valence-electron chi connectivity index (χ4n) is 0.804. The minimum absolute atomic E-state index is 0. The summed E-state index contributed by atoms with van der Waals surface area (Å²) in [6, 6.07) is 0. The first-order valence-electron chi connectivity index (χ1n) is 4.11. The maximum absolute atomic E-state index is 10.8. The molecule has 0 atom stereocenters. The molecule has 12 heavy (non-hydrogen) atoms. The zero-order valence-electron chi connectivity index (χ0n) is 7.76. The van der Waals surface area contributed by atoms with E-state index in [4.69, 9.17) is 4.74 Å². The number of carbonyl (C=O) groups is 1. The number of nitrogens with one attached hydrogen (secondary N) is 1. The van der Waals surface area contributed by atoms with E-state index in [1.54, 1.807) is 0 Å². The summed E-state index contributed by atoms with van der Waals surface area (Å²) in [5.74, 6) is -0.0800. The average Bonchev–Trinajstić information content (AvgIpc) is 1.99. The molecule has 4 heteroatoms. The van der Waals surface area contributed by atoms with E-state index in [0.29, 0.717) is 13.0 Å². The second kappa shape index (κ2) is 10.7. The lowest BCUT2D eigenvalue weighted by molar-refractivity contribution is -0.143. The Morgan fingerprint density at radius 3 is 2.58 bits per heavy atom. The molecule has 0 fully saturated rings. The molecule has 0 saturated heterocycles. The minimum Gasteiger partial charge on any atom is -0.466 e. The summed E-state index contributed by atoms with van der Waals surface area (Å²) in [5, 5.41) is 3.02. The van der Waals surface area contributed by atoms with Gasteiger partial charge in [0.15, 0.2) is 0 Å². The van der Waals surface area contributed by atoms with E-state index in [1.807, 2.05) is 14.0 Å². The van der Waals surface area contributed by atoms with Crippen molar-refractivity contribution in [2.75, 3.05) is 20.2 Å². The molecule has 0 aromatic heterocycles. The molecule has 0 amide bonds. The van der Waals surface area contributed by atoms with Gasteiger partial charge in [-0.2, -0.15) is 0 Å². The second-order valence-corrected chi connectivity index (χ2v) is 2.37. The van der Waals surface area contributed by atoms with Crippen LogP contribution in [0.4, 0.5) is 0 Å². The zero-order valence-corrected chi connectivity index (χ0v) is 8.58. The van der Waals surface area contributed by atoms with Crippen molar-refractivity contribution in [3.8, 4) is 0 Å². The van der Waals surface area contributed by atoms with Gasteiger partial charge in [0.05, 0.1) is 6.61 Å². The molecule has 0 rings (SSSR count). The standard InChI is InChI=1S/C8H17NO2.ClH/c1-3-11-8(10)6-4-5-7-9-2;/h9H,3-7H2,1-2H3;1H. The van der Waals surface area contributed by atoms with Crippen LogP contribution in [0.1, 0.15) is 26.2 Å². The van der Waals surface area contributed by atoms with Crippen LogP contribution in [0.25, 0.3) is 0 Å².